The van der Waals surface area contributed by atoms with Crippen LogP contribution in [0, 0.1) is 0 Å². The van der Waals surface area contributed by atoms with Crippen LogP contribution in [0.2, 0.25) is 0 Å². The van der Waals surface area contributed by atoms with Gasteiger partial charge in [-0.25, -0.2) is 9.36 Å². The zero-order valence-corrected chi connectivity index (χ0v) is 17.3. The van der Waals surface area contributed by atoms with Gasteiger partial charge < -0.3 is 24.7 Å². The molecule has 1 fully saturated rings. The molecule has 2 heterocycles. The Hall–Kier alpha value is 0.670. The van der Waals surface area contributed by atoms with E-state index in [-0.39, 0.29) is 59.1 Å². The Morgan fingerprint density at radius 1 is 1.35 bits per heavy atom. The number of nitrogens with one attached hydrogen (secondary N) is 1. The SMILES string of the molecule is O=c1ccn([C@@H]2O[C@H](CO)[C@@H](OP(=O)(O)O)[C@H]2O)c(=O)[nH]1.[Na].[Na]. The molecule has 4 atom stereocenters. The second-order valence-electron chi connectivity index (χ2n) is 4.32. The fraction of sp³-hybridized carbons (Fsp3) is 0.556. The smallest absolute Gasteiger partial charge is 0.394 e. The van der Waals surface area contributed by atoms with Crippen molar-refractivity contribution in [3.8, 4) is 0 Å². The van der Waals surface area contributed by atoms with E-state index in [1.54, 1.807) is 0 Å². The van der Waals surface area contributed by atoms with Crippen LogP contribution in [0.4, 0.5) is 0 Å². The molecule has 0 amide bonds. The van der Waals surface area contributed by atoms with Gasteiger partial charge in [-0.3, -0.25) is 18.9 Å². The van der Waals surface area contributed by atoms with Gasteiger partial charge in [0.1, 0.15) is 18.3 Å². The van der Waals surface area contributed by atoms with Crippen molar-refractivity contribution in [1.82, 2.24) is 9.55 Å². The van der Waals surface area contributed by atoms with Crippen LogP contribution < -0.4 is 11.2 Å². The maximum atomic E-state index is 11.6. The van der Waals surface area contributed by atoms with Gasteiger partial charge in [-0.05, 0) is 0 Å². The van der Waals surface area contributed by atoms with Crippen LogP contribution >= 0.6 is 7.82 Å². The van der Waals surface area contributed by atoms with E-state index in [2.05, 4.69) is 4.52 Å². The van der Waals surface area contributed by atoms with Crippen molar-refractivity contribution in [2.24, 2.45) is 0 Å². The molecule has 0 spiro atoms. The van der Waals surface area contributed by atoms with E-state index >= 15 is 0 Å². The van der Waals surface area contributed by atoms with E-state index < -0.39 is 50.2 Å². The van der Waals surface area contributed by atoms with Crippen molar-refractivity contribution in [2.75, 3.05) is 6.61 Å². The van der Waals surface area contributed by atoms with Crippen LogP contribution in [0.1, 0.15) is 6.23 Å². The van der Waals surface area contributed by atoms with E-state index in [4.69, 9.17) is 19.6 Å². The fourth-order valence-electron chi connectivity index (χ4n) is 2.01. The van der Waals surface area contributed by atoms with Gasteiger partial charge in [0.05, 0.1) is 6.61 Å². The van der Waals surface area contributed by atoms with E-state index in [0.29, 0.717) is 0 Å². The molecular weight excluding hydrogens is 357 g/mol. The Morgan fingerprint density at radius 3 is 2.43 bits per heavy atom. The number of aliphatic hydroxyl groups is 2. The molecule has 23 heavy (non-hydrogen) atoms. The van der Waals surface area contributed by atoms with Crippen LogP contribution in [-0.4, -0.2) is 114 Å². The molecule has 1 saturated heterocycles. The molecule has 11 nitrogen and oxygen atoms in total. The first-order valence-corrected chi connectivity index (χ1v) is 7.26. The summed E-state index contributed by atoms with van der Waals surface area (Å²) in [5, 5.41) is 19.1. The first-order chi connectivity index (χ1) is 9.73. The summed E-state index contributed by atoms with van der Waals surface area (Å²) in [5.74, 6) is 0. The monoisotopic (exact) mass is 370 g/mol. The molecule has 2 radical (unpaired) electrons. The van der Waals surface area contributed by atoms with E-state index in [0.717, 1.165) is 16.8 Å². The third-order valence-electron chi connectivity index (χ3n) is 2.87. The van der Waals surface area contributed by atoms with Gasteiger partial charge >= 0.3 is 13.5 Å². The summed E-state index contributed by atoms with van der Waals surface area (Å²) in [7, 11) is -4.94. The van der Waals surface area contributed by atoms with Crippen LogP contribution in [0.15, 0.2) is 21.9 Å². The molecule has 0 bridgehead atoms. The minimum absolute atomic E-state index is 0. The Kier molecular flexibility index (Phi) is 9.66. The normalized spacial score (nSPS) is 27.1. The van der Waals surface area contributed by atoms with E-state index in [1.807, 2.05) is 4.98 Å². The third kappa shape index (κ3) is 5.86. The van der Waals surface area contributed by atoms with Gasteiger partial charge in [0.15, 0.2) is 6.23 Å². The topological polar surface area (TPSA) is 171 Å². The summed E-state index contributed by atoms with van der Waals surface area (Å²) in [6.07, 6.45) is -4.76. The number of aromatic amines is 1. The van der Waals surface area contributed by atoms with E-state index in [1.165, 1.54) is 0 Å². The largest absolute Gasteiger partial charge is 0.470 e. The number of ether oxygens (including phenoxy) is 1. The summed E-state index contributed by atoms with van der Waals surface area (Å²) < 4.78 is 21.2. The molecule has 1 aromatic heterocycles. The van der Waals surface area contributed by atoms with Gasteiger partial charge in [0, 0.05) is 71.4 Å². The molecule has 0 aliphatic carbocycles. The molecule has 1 aromatic rings. The summed E-state index contributed by atoms with van der Waals surface area (Å²) in [5.41, 5.74) is -1.55. The van der Waals surface area contributed by atoms with Crippen LogP contribution in [-0.2, 0) is 13.8 Å². The fourth-order valence-corrected chi connectivity index (χ4v) is 2.59. The number of nitrogens with zero attached hydrogens (tertiary/aromatic N) is 1. The first kappa shape index (κ1) is 23.7. The van der Waals surface area contributed by atoms with Crippen molar-refractivity contribution < 1.29 is 33.8 Å². The summed E-state index contributed by atoms with van der Waals surface area (Å²) >= 11 is 0. The van der Waals surface area contributed by atoms with Crippen molar-refractivity contribution in [2.45, 2.75) is 24.5 Å². The standard InChI is InChI=1S/C9H13N2O9P.2Na/c12-3-4-7(20-21(16,17)18)6(14)8(19-4)11-2-1-5(13)10-9(11)15;;/h1-2,4,6-8,12,14H,3H2,(H,10,13,15)(H2,16,17,18);;/t4-,6-,7-,8-;;/m1../s1. The zero-order valence-electron chi connectivity index (χ0n) is 12.4. The molecule has 1 aliphatic heterocycles. The minimum Gasteiger partial charge on any atom is -0.394 e. The quantitative estimate of drug-likeness (QED) is 0.266. The predicted octanol–water partition coefficient (Wildman–Crippen LogP) is -3.50. The minimum atomic E-state index is -4.94. The molecule has 1 aliphatic rings. The summed E-state index contributed by atoms with van der Waals surface area (Å²) in [6, 6.07) is 1.00. The van der Waals surface area contributed by atoms with Crippen LogP contribution in [0.3, 0.4) is 0 Å². The van der Waals surface area contributed by atoms with Crippen molar-refractivity contribution in [3.63, 3.8) is 0 Å². The maximum absolute atomic E-state index is 11.6. The maximum Gasteiger partial charge on any atom is 0.470 e. The average molecular weight is 370 g/mol. The molecule has 0 saturated carbocycles. The second-order valence-corrected chi connectivity index (χ2v) is 5.51. The Morgan fingerprint density at radius 2 is 1.96 bits per heavy atom. The number of H-pyrrole nitrogens is 1. The van der Waals surface area contributed by atoms with Crippen LogP contribution in [0.25, 0.3) is 0 Å². The van der Waals surface area contributed by atoms with Gasteiger partial charge in [-0.15, -0.1) is 0 Å². The van der Waals surface area contributed by atoms with E-state index in [9.17, 15) is 19.3 Å². The number of hydrogen-bond donors (Lipinski definition) is 5. The number of phosphoric acid groups is 1. The van der Waals surface area contributed by atoms with Gasteiger partial charge in [0.25, 0.3) is 5.56 Å². The second kappa shape index (κ2) is 9.39. The summed E-state index contributed by atoms with van der Waals surface area (Å²) in [6.45, 7) is -0.698. The molecule has 5 N–H and O–H groups in total. The Balaban J connectivity index is 0.00000242. The number of rotatable bonds is 4. The van der Waals surface area contributed by atoms with Crippen LogP contribution in [0.5, 0.6) is 0 Å². The molecular formula is C9H13N2Na2O9P. The van der Waals surface area contributed by atoms with Crippen molar-refractivity contribution in [3.05, 3.63) is 33.1 Å². The molecule has 14 heteroatoms. The first-order valence-electron chi connectivity index (χ1n) is 5.73. The van der Waals surface area contributed by atoms with Crippen molar-refractivity contribution >= 4 is 66.9 Å². The predicted molar refractivity (Wildman–Crippen MR) is 76.8 cm³/mol. The van der Waals surface area contributed by atoms with Gasteiger partial charge in [-0.2, -0.15) is 0 Å². The third-order valence-corrected chi connectivity index (χ3v) is 3.39. The average Bonchev–Trinajstić information content (AvgIpc) is 2.65. The zero-order chi connectivity index (χ0) is 15.8. The number of phosphoric ester groups is 1. The summed E-state index contributed by atoms with van der Waals surface area (Å²) in [4.78, 5) is 42.1. The number of aliphatic hydroxyl groups excluding tert-OH is 2. The Bertz CT molecular complexity index is 673. The number of aromatic nitrogens is 2. The van der Waals surface area contributed by atoms with Gasteiger partial charge in [0.2, 0.25) is 0 Å². The van der Waals surface area contributed by atoms with Crippen molar-refractivity contribution in [1.29, 1.82) is 0 Å². The Labute approximate surface area is 173 Å². The number of hydrogen-bond acceptors (Lipinski definition) is 7. The molecule has 0 aromatic carbocycles. The molecule has 0 unspecified atom stereocenters. The molecule has 2 rings (SSSR count). The van der Waals surface area contributed by atoms with Gasteiger partial charge in [-0.1, -0.05) is 0 Å². The molecule has 120 valence electrons.